The van der Waals surface area contributed by atoms with Gasteiger partial charge in [0.25, 0.3) is 5.91 Å². The first kappa shape index (κ1) is 11.9. The first-order valence-corrected chi connectivity index (χ1v) is 7.18. The fraction of sp³-hybridized carbons (Fsp3) is 0.467. The number of hydrogen-bond donors (Lipinski definition) is 1. The highest BCUT2D eigenvalue weighted by molar-refractivity contribution is 6.04. The van der Waals surface area contributed by atoms with E-state index in [1.165, 1.54) is 6.42 Å². The quantitative estimate of drug-likeness (QED) is 0.854. The van der Waals surface area contributed by atoms with Crippen molar-refractivity contribution >= 4 is 16.8 Å². The van der Waals surface area contributed by atoms with Crippen LogP contribution in [0, 0.1) is 0 Å². The fourth-order valence-electron chi connectivity index (χ4n) is 3.55. The molecule has 1 aromatic carbocycles. The van der Waals surface area contributed by atoms with Crippen molar-refractivity contribution in [2.24, 2.45) is 0 Å². The van der Waals surface area contributed by atoms with Crippen molar-refractivity contribution in [1.29, 1.82) is 0 Å². The van der Waals surface area contributed by atoms with Crippen LogP contribution >= 0.6 is 0 Å². The lowest BCUT2D eigenvalue weighted by Crippen LogP contribution is -2.62. The summed E-state index contributed by atoms with van der Waals surface area (Å²) in [6.45, 7) is 1.82. The summed E-state index contributed by atoms with van der Waals surface area (Å²) in [5.74, 6) is 0.0743. The molecular formula is C15H18N4O. The number of likely N-dealkylation sites (N-methyl/N-ethyl adjacent to an activating group) is 1. The number of aromatic amines is 1. The third kappa shape index (κ3) is 1.66. The van der Waals surface area contributed by atoms with Gasteiger partial charge in [0.2, 0.25) is 0 Å². The SMILES string of the molecule is CN1CC2CCC1CN2C(=O)c1n[nH]c2ccccc12. The standard InChI is InChI=1S/C15H18N4O/c1-18-8-11-7-6-10(18)9-19(11)15(20)14-12-4-2-3-5-13(12)16-17-14/h2-5,10-11H,6-9H2,1H3,(H,16,17). The molecule has 3 saturated heterocycles. The van der Waals surface area contributed by atoms with Crippen LogP contribution in [-0.2, 0) is 0 Å². The van der Waals surface area contributed by atoms with Crippen LogP contribution in [0.2, 0.25) is 0 Å². The molecule has 0 spiro atoms. The minimum absolute atomic E-state index is 0.0743. The summed E-state index contributed by atoms with van der Waals surface area (Å²) in [6.07, 6.45) is 2.31. The summed E-state index contributed by atoms with van der Waals surface area (Å²) in [6, 6.07) is 8.66. The molecule has 2 unspecified atom stereocenters. The second kappa shape index (κ2) is 4.31. The molecule has 20 heavy (non-hydrogen) atoms. The van der Waals surface area contributed by atoms with Gasteiger partial charge in [-0.3, -0.25) is 14.8 Å². The van der Waals surface area contributed by atoms with E-state index in [9.17, 15) is 4.79 Å². The molecule has 1 amide bonds. The average molecular weight is 270 g/mol. The number of hydrogen-bond acceptors (Lipinski definition) is 3. The van der Waals surface area contributed by atoms with E-state index < -0.39 is 0 Å². The number of H-pyrrole nitrogens is 1. The van der Waals surface area contributed by atoms with Crippen molar-refractivity contribution < 1.29 is 4.79 Å². The molecule has 0 aliphatic carbocycles. The molecule has 0 saturated carbocycles. The largest absolute Gasteiger partial charge is 0.331 e. The summed E-state index contributed by atoms with van der Waals surface area (Å²) in [7, 11) is 2.16. The summed E-state index contributed by atoms with van der Waals surface area (Å²) < 4.78 is 0. The number of piperidine rings is 2. The number of para-hydroxylation sites is 1. The maximum Gasteiger partial charge on any atom is 0.275 e. The van der Waals surface area contributed by atoms with Crippen molar-refractivity contribution in [3.63, 3.8) is 0 Å². The number of rotatable bonds is 1. The van der Waals surface area contributed by atoms with Crippen molar-refractivity contribution in [3.8, 4) is 0 Å². The van der Waals surface area contributed by atoms with Gasteiger partial charge < -0.3 is 4.90 Å². The van der Waals surface area contributed by atoms with Crippen molar-refractivity contribution in [3.05, 3.63) is 30.0 Å². The van der Waals surface area contributed by atoms with E-state index in [2.05, 4.69) is 22.1 Å². The molecule has 0 radical (unpaired) electrons. The predicted molar refractivity (Wildman–Crippen MR) is 76.6 cm³/mol. The van der Waals surface area contributed by atoms with Crippen LogP contribution in [0.1, 0.15) is 23.3 Å². The molecule has 5 heteroatoms. The Morgan fingerprint density at radius 1 is 1.25 bits per heavy atom. The Labute approximate surface area is 117 Å². The van der Waals surface area contributed by atoms with E-state index in [1.807, 2.05) is 29.2 Å². The molecule has 2 bridgehead atoms. The van der Waals surface area contributed by atoms with Gasteiger partial charge in [0.15, 0.2) is 5.69 Å². The number of carbonyl (C=O) groups excluding carboxylic acids is 1. The molecular weight excluding hydrogens is 252 g/mol. The van der Waals surface area contributed by atoms with Gasteiger partial charge in [-0.1, -0.05) is 18.2 Å². The lowest BCUT2D eigenvalue weighted by atomic mass is 9.91. The van der Waals surface area contributed by atoms with Crippen LogP contribution in [0.4, 0.5) is 0 Å². The zero-order valence-corrected chi connectivity index (χ0v) is 11.5. The highest BCUT2D eigenvalue weighted by Gasteiger charge is 2.40. The van der Waals surface area contributed by atoms with Gasteiger partial charge >= 0.3 is 0 Å². The Kier molecular flexibility index (Phi) is 2.57. The van der Waals surface area contributed by atoms with Crippen molar-refractivity contribution in [2.75, 3.05) is 20.1 Å². The zero-order chi connectivity index (χ0) is 13.7. The Morgan fingerprint density at radius 2 is 2.05 bits per heavy atom. The van der Waals surface area contributed by atoms with E-state index in [-0.39, 0.29) is 5.91 Å². The predicted octanol–water partition coefficient (Wildman–Crippen LogP) is 1.48. The van der Waals surface area contributed by atoms with Gasteiger partial charge in [0, 0.05) is 30.6 Å². The lowest BCUT2D eigenvalue weighted by molar-refractivity contribution is -0.000327. The minimum Gasteiger partial charge on any atom is -0.331 e. The molecule has 104 valence electrons. The first-order valence-electron chi connectivity index (χ1n) is 7.18. The average Bonchev–Trinajstić information content (AvgIpc) is 2.91. The second-order valence-electron chi connectivity index (χ2n) is 5.90. The smallest absolute Gasteiger partial charge is 0.275 e. The van der Waals surface area contributed by atoms with Crippen LogP contribution < -0.4 is 0 Å². The topological polar surface area (TPSA) is 52.2 Å². The lowest BCUT2D eigenvalue weighted by Gasteiger charge is -2.50. The number of nitrogens with one attached hydrogen (secondary N) is 1. The van der Waals surface area contributed by atoms with E-state index in [4.69, 9.17) is 0 Å². The molecule has 3 aliphatic heterocycles. The number of amides is 1. The maximum absolute atomic E-state index is 12.8. The monoisotopic (exact) mass is 270 g/mol. The van der Waals surface area contributed by atoms with Crippen LogP contribution in [0.25, 0.3) is 10.9 Å². The van der Waals surface area contributed by atoms with Crippen LogP contribution in [0.3, 0.4) is 0 Å². The Bertz CT molecular complexity index is 665. The maximum atomic E-state index is 12.8. The van der Waals surface area contributed by atoms with Gasteiger partial charge in [-0.05, 0) is 26.0 Å². The van der Waals surface area contributed by atoms with Gasteiger partial charge in [-0.2, -0.15) is 5.10 Å². The van der Waals surface area contributed by atoms with Crippen molar-refractivity contribution in [2.45, 2.75) is 24.9 Å². The summed E-state index contributed by atoms with van der Waals surface area (Å²) in [5.41, 5.74) is 1.49. The van der Waals surface area contributed by atoms with Gasteiger partial charge in [-0.25, -0.2) is 0 Å². The van der Waals surface area contributed by atoms with Crippen LogP contribution in [-0.4, -0.2) is 58.1 Å². The summed E-state index contributed by atoms with van der Waals surface area (Å²) in [4.78, 5) is 17.2. The van der Waals surface area contributed by atoms with Crippen molar-refractivity contribution in [1.82, 2.24) is 20.0 Å². The second-order valence-corrected chi connectivity index (χ2v) is 5.90. The van der Waals surface area contributed by atoms with Gasteiger partial charge in [-0.15, -0.1) is 0 Å². The van der Waals surface area contributed by atoms with E-state index in [1.54, 1.807) is 0 Å². The highest BCUT2D eigenvalue weighted by atomic mass is 16.2. The normalized spacial score (nSPS) is 26.4. The van der Waals surface area contributed by atoms with Crippen LogP contribution in [0.15, 0.2) is 24.3 Å². The van der Waals surface area contributed by atoms with E-state index in [0.29, 0.717) is 17.8 Å². The number of fused-ring (bicyclic) bond motifs is 4. The molecule has 4 heterocycles. The first-order chi connectivity index (χ1) is 9.74. The summed E-state index contributed by atoms with van der Waals surface area (Å²) >= 11 is 0. The van der Waals surface area contributed by atoms with Crippen LogP contribution in [0.5, 0.6) is 0 Å². The highest BCUT2D eigenvalue weighted by Crippen LogP contribution is 2.29. The number of carbonyl (C=O) groups is 1. The molecule has 5 nitrogen and oxygen atoms in total. The Balaban J connectivity index is 1.68. The number of aromatic nitrogens is 2. The number of benzene rings is 1. The molecule has 5 rings (SSSR count). The van der Waals surface area contributed by atoms with E-state index in [0.717, 1.165) is 30.4 Å². The van der Waals surface area contributed by atoms with Gasteiger partial charge in [0.1, 0.15) is 0 Å². The zero-order valence-electron chi connectivity index (χ0n) is 11.5. The fourth-order valence-corrected chi connectivity index (χ4v) is 3.55. The molecule has 2 atom stereocenters. The molecule has 3 aliphatic rings. The molecule has 3 fully saturated rings. The number of nitrogens with zero attached hydrogens (tertiary/aromatic N) is 3. The molecule has 1 N–H and O–H groups in total. The summed E-state index contributed by atoms with van der Waals surface area (Å²) in [5, 5.41) is 8.12. The van der Waals surface area contributed by atoms with Gasteiger partial charge in [0.05, 0.1) is 5.52 Å². The molecule has 2 aromatic rings. The third-order valence-electron chi connectivity index (χ3n) is 4.74. The number of piperazine rings is 1. The van der Waals surface area contributed by atoms with E-state index >= 15 is 0 Å². The Morgan fingerprint density at radius 3 is 2.80 bits per heavy atom. The minimum atomic E-state index is 0.0743. The Hall–Kier alpha value is -1.88. The molecule has 1 aromatic heterocycles. The third-order valence-corrected chi connectivity index (χ3v) is 4.74.